The Balaban J connectivity index is 2.02. The van der Waals surface area contributed by atoms with Crippen LogP contribution in [0.5, 0.6) is 0 Å². The Morgan fingerprint density at radius 3 is 2.56 bits per heavy atom. The molecule has 3 rings (SSSR count). The van der Waals surface area contributed by atoms with E-state index in [4.69, 9.17) is 0 Å². The number of halogens is 1. The zero-order valence-corrected chi connectivity index (χ0v) is 9.47. The Morgan fingerprint density at radius 1 is 0.944 bits per heavy atom. The van der Waals surface area contributed by atoms with Crippen molar-refractivity contribution in [1.82, 2.24) is 10.2 Å². The maximum atomic E-state index is 12.8. The standard InChI is InChI=1S/C14H10FN3/c15-11-5-7-12(8-6-11)17-14-13-4-2-1-3-10(13)9-16-18-14/h1-9H,(H,17,18). The summed E-state index contributed by atoms with van der Waals surface area (Å²) in [6, 6.07) is 14.0. The van der Waals surface area contributed by atoms with Crippen LogP contribution < -0.4 is 5.32 Å². The van der Waals surface area contributed by atoms with Crippen LogP contribution in [0.4, 0.5) is 15.9 Å². The van der Waals surface area contributed by atoms with Gasteiger partial charge in [0.1, 0.15) is 5.82 Å². The summed E-state index contributed by atoms with van der Waals surface area (Å²) in [6.45, 7) is 0. The molecule has 3 nitrogen and oxygen atoms in total. The van der Waals surface area contributed by atoms with Crippen molar-refractivity contribution in [1.29, 1.82) is 0 Å². The van der Waals surface area contributed by atoms with E-state index < -0.39 is 0 Å². The molecule has 0 spiro atoms. The van der Waals surface area contributed by atoms with Gasteiger partial charge in [-0.2, -0.15) is 5.10 Å². The second kappa shape index (κ2) is 4.41. The zero-order chi connectivity index (χ0) is 12.4. The first-order valence-corrected chi connectivity index (χ1v) is 5.56. The van der Waals surface area contributed by atoms with Gasteiger partial charge in [-0.3, -0.25) is 0 Å². The quantitative estimate of drug-likeness (QED) is 0.743. The normalized spacial score (nSPS) is 10.5. The number of hydrogen-bond donors (Lipinski definition) is 1. The van der Waals surface area contributed by atoms with E-state index in [-0.39, 0.29) is 5.82 Å². The molecule has 0 aliphatic heterocycles. The molecule has 3 aromatic rings. The molecule has 88 valence electrons. The maximum Gasteiger partial charge on any atom is 0.160 e. The van der Waals surface area contributed by atoms with Gasteiger partial charge in [-0.25, -0.2) is 4.39 Å². The molecule has 1 aromatic heterocycles. The van der Waals surface area contributed by atoms with Gasteiger partial charge in [0.05, 0.1) is 6.20 Å². The largest absolute Gasteiger partial charge is 0.338 e. The Morgan fingerprint density at radius 2 is 1.72 bits per heavy atom. The van der Waals surface area contributed by atoms with E-state index in [0.29, 0.717) is 5.82 Å². The van der Waals surface area contributed by atoms with Crippen molar-refractivity contribution < 1.29 is 4.39 Å². The van der Waals surface area contributed by atoms with E-state index in [1.54, 1.807) is 18.3 Å². The Kier molecular flexibility index (Phi) is 2.61. The lowest BCUT2D eigenvalue weighted by Crippen LogP contribution is -1.96. The van der Waals surface area contributed by atoms with Crippen LogP contribution in [0.3, 0.4) is 0 Å². The first kappa shape index (κ1) is 10.7. The van der Waals surface area contributed by atoms with Crippen LogP contribution in [0, 0.1) is 5.82 Å². The summed E-state index contributed by atoms with van der Waals surface area (Å²) < 4.78 is 12.8. The highest BCUT2D eigenvalue weighted by Gasteiger charge is 2.03. The summed E-state index contributed by atoms with van der Waals surface area (Å²) >= 11 is 0. The fraction of sp³-hybridized carbons (Fsp3) is 0. The van der Waals surface area contributed by atoms with Gasteiger partial charge in [-0.05, 0) is 24.3 Å². The fourth-order valence-electron chi connectivity index (χ4n) is 1.79. The van der Waals surface area contributed by atoms with E-state index in [0.717, 1.165) is 16.5 Å². The number of anilines is 2. The van der Waals surface area contributed by atoms with Gasteiger partial charge >= 0.3 is 0 Å². The highest BCUT2D eigenvalue weighted by Crippen LogP contribution is 2.22. The van der Waals surface area contributed by atoms with Gasteiger partial charge in [-0.15, -0.1) is 5.10 Å². The second-order valence-corrected chi connectivity index (χ2v) is 3.91. The molecular weight excluding hydrogens is 229 g/mol. The van der Waals surface area contributed by atoms with Crippen molar-refractivity contribution in [2.75, 3.05) is 5.32 Å². The van der Waals surface area contributed by atoms with Crippen LogP contribution in [-0.4, -0.2) is 10.2 Å². The lowest BCUT2D eigenvalue weighted by Gasteiger charge is -2.07. The highest BCUT2D eigenvalue weighted by atomic mass is 19.1. The highest BCUT2D eigenvalue weighted by molar-refractivity contribution is 5.92. The minimum Gasteiger partial charge on any atom is -0.338 e. The number of nitrogens with zero attached hydrogens (tertiary/aromatic N) is 2. The molecule has 0 aliphatic carbocycles. The van der Waals surface area contributed by atoms with E-state index >= 15 is 0 Å². The van der Waals surface area contributed by atoms with Gasteiger partial charge < -0.3 is 5.32 Å². The molecule has 1 heterocycles. The predicted octanol–water partition coefficient (Wildman–Crippen LogP) is 3.51. The molecule has 0 atom stereocenters. The van der Waals surface area contributed by atoms with E-state index in [1.807, 2.05) is 24.3 Å². The minimum absolute atomic E-state index is 0.260. The number of aromatic nitrogens is 2. The third-order valence-corrected chi connectivity index (χ3v) is 2.68. The van der Waals surface area contributed by atoms with E-state index in [1.165, 1.54) is 12.1 Å². The topological polar surface area (TPSA) is 37.8 Å². The zero-order valence-electron chi connectivity index (χ0n) is 9.47. The number of rotatable bonds is 2. The molecular formula is C14H10FN3. The molecule has 0 radical (unpaired) electrons. The summed E-state index contributed by atoms with van der Waals surface area (Å²) in [4.78, 5) is 0. The van der Waals surface area contributed by atoms with Crippen LogP contribution in [0.15, 0.2) is 54.7 Å². The predicted molar refractivity (Wildman–Crippen MR) is 69.2 cm³/mol. The van der Waals surface area contributed by atoms with Crippen molar-refractivity contribution in [2.24, 2.45) is 0 Å². The first-order valence-electron chi connectivity index (χ1n) is 5.56. The third-order valence-electron chi connectivity index (χ3n) is 2.68. The van der Waals surface area contributed by atoms with Crippen LogP contribution in [-0.2, 0) is 0 Å². The molecule has 2 aromatic carbocycles. The second-order valence-electron chi connectivity index (χ2n) is 3.91. The SMILES string of the molecule is Fc1ccc(Nc2nncc3ccccc23)cc1. The Hall–Kier alpha value is -2.49. The first-order chi connectivity index (χ1) is 8.83. The average Bonchev–Trinajstić information content (AvgIpc) is 2.42. The van der Waals surface area contributed by atoms with Gasteiger partial charge in [0.15, 0.2) is 5.82 Å². The molecule has 0 bridgehead atoms. The van der Waals surface area contributed by atoms with Gasteiger partial charge in [0, 0.05) is 16.5 Å². The van der Waals surface area contributed by atoms with Crippen molar-refractivity contribution in [3.8, 4) is 0 Å². The van der Waals surface area contributed by atoms with E-state index in [2.05, 4.69) is 15.5 Å². The Bertz CT molecular complexity index is 675. The third kappa shape index (κ3) is 2.00. The molecule has 0 amide bonds. The summed E-state index contributed by atoms with van der Waals surface area (Å²) in [6.07, 6.45) is 1.71. The van der Waals surface area contributed by atoms with Crippen LogP contribution >= 0.6 is 0 Å². The Labute approximate surface area is 103 Å². The molecule has 0 saturated heterocycles. The smallest absolute Gasteiger partial charge is 0.160 e. The van der Waals surface area contributed by atoms with Gasteiger partial charge in [0.25, 0.3) is 0 Å². The molecule has 0 unspecified atom stereocenters. The fourth-order valence-corrected chi connectivity index (χ4v) is 1.79. The molecule has 0 saturated carbocycles. The summed E-state index contributed by atoms with van der Waals surface area (Å²) in [5.41, 5.74) is 0.780. The number of nitrogens with one attached hydrogen (secondary N) is 1. The molecule has 1 N–H and O–H groups in total. The number of hydrogen-bond acceptors (Lipinski definition) is 3. The van der Waals surface area contributed by atoms with Crippen molar-refractivity contribution in [3.63, 3.8) is 0 Å². The molecule has 4 heteroatoms. The van der Waals surface area contributed by atoms with Crippen LogP contribution in [0.2, 0.25) is 0 Å². The van der Waals surface area contributed by atoms with Crippen molar-refractivity contribution in [2.45, 2.75) is 0 Å². The van der Waals surface area contributed by atoms with E-state index in [9.17, 15) is 4.39 Å². The average molecular weight is 239 g/mol. The lowest BCUT2D eigenvalue weighted by molar-refractivity contribution is 0.628. The van der Waals surface area contributed by atoms with Gasteiger partial charge in [-0.1, -0.05) is 24.3 Å². The van der Waals surface area contributed by atoms with Crippen molar-refractivity contribution in [3.05, 3.63) is 60.5 Å². The summed E-state index contributed by atoms with van der Waals surface area (Å²) in [5, 5.41) is 13.1. The molecule has 0 aliphatic rings. The number of fused-ring (bicyclic) bond motifs is 1. The van der Waals surface area contributed by atoms with Crippen LogP contribution in [0.1, 0.15) is 0 Å². The minimum atomic E-state index is -0.260. The lowest BCUT2D eigenvalue weighted by atomic mass is 10.2. The summed E-state index contributed by atoms with van der Waals surface area (Å²) in [7, 11) is 0. The molecule has 18 heavy (non-hydrogen) atoms. The monoisotopic (exact) mass is 239 g/mol. The summed E-state index contributed by atoms with van der Waals surface area (Å²) in [5.74, 6) is 0.407. The van der Waals surface area contributed by atoms with Crippen LogP contribution in [0.25, 0.3) is 10.8 Å². The van der Waals surface area contributed by atoms with Crippen molar-refractivity contribution >= 4 is 22.3 Å². The van der Waals surface area contributed by atoms with Gasteiger partial charge in [0.2, 0.25) is 0 Å². The maximum absolute atomic E-state index is 12.8. The number of benzene rings is 2. The molecule has 0 fully saturated rings.